The minimum Gasteiger partial charge on any atom is -0.464 e. The first kappa shape index (κ1) is 13.3. The van der Waals surface area contributed by atoms with Gasteiger partial charge in [0.05, 0.1) is 26.0 Å². The average molecular weight is 264 g/mol. The molecule has 0 spiro atoms. The lowest BCUT2D eigenvalue weighted by molar-refractivity contribution is -0.127. The molecular formula is C12H16N4O3. The predicted octanol–water partition coefficient (Wildman–Crippen LogP) is -0.0683. The van der Waals surface area contributed by atoms with Gasteiger partial charge in [0.15, 0.2) is 5.69 Å². The Bertz CT molecular complexity index is 474. The number of nitrogens with zero attached hydrogens (tertiary/aromatic N) is 4. The van der Waals surface area contributed by atoms with Crippen LogP contribution in [0.15, 0.2) is 12.4 Å². The molecule has 0 radical (unpaired) electrons. The highest BCUT2D eigenvalue weighted by molar-refractivity contribution is 5.87. The Morgan fingerprint density at radius 1 is 1.32 bits per heavy atom. The molecule has 1 saturated heterocycles. The highest BCUT2D eigenvalue weighted by atomic mass is 16.5. The lowest BCUT2D eigenvalue weighted by atomic mass is 10.4. The molecule has 0 bridgehead atoms. The average Bonchev–Trinajstić information content (AvgIpc) is 2.60. The monoisotopic (exact) mass is 264 g/mol. The van der Waals surface area contributed by atoms with Gasteiger partial charge in [-0.25, -0.2) is 14.8 Å². The summed E-state index contributed by atoms with van der Waals surface area (Å²) in [6, 6.07) is 0. The summed E-state index contributed by atoms with van der Waals surface area (Å²) in [4.78, 5) is 34.8. The van der Waals surface area contributed by atoms with E-state index in [-0.39, 0.29) is 18.1 Å². The SMILES string of the molecule is COC(=O)c1cnc(N2CCCN(C)C(=O)C2)cn1. The van der Waals surface area contributed by atoms with Crippen molar-refractivity contribution in [2.24, 2.45) is 0 Å². The van der Waals surface area contributed by atoms with Crippen LogP contribution in [0.25, 0.3) is 0 Å². The quantitative estimate of drug-likeness (QED) is 0.696. The van der Waals surface area contributed by atoms with Crippen LogP contribution in [0.3, 0.4) is 0 Å². The summed E-state index contributed by atoms with van der Waals surface area (Å²) < 4.78 is 4.56. The van der Waals surface area contributed by atoms with Gasteiger partial charge in [-0.2, -0.15) is 0 Å². The molecule has 1 aliphatic heterocycles. The van der Waals surface area contributed by atoms with Gasteiger partial charge in [0, 0.05) is 20.1 Å². The van der Waals surface area contributed by atoms with Crippen LogP contribution >= 0.6 is 0 Å². The standard InChI is InChI=1S/C12H16N4O3/c1-15-4-3-5-16(8-11(15)17)10-7-13-9(6-14-10)12(18)19-2/h6-7H,3-5,8H2,1-2H3. The largest absolute Gasteiger partial charge is 0.464 e. The van der Waals surface area contributed by atoms with E-state index in [0.717, 1.165) is 19.5 Å². The number of hydrogen-bond donors (Lipinski definition) is 0. The number of carbonyl (C=O) groups is 2. The molecule has 1 fully saturated rings. The van der Waals surface area contributed by atoms with Gasteiger partial charge in [0.1, 0.15) is 5.82 Å². The van der Waals surface area contributed by atoms with Gasteiger partial charge in [-0.1, -0.05) is 0 Å². The molecule has 0 aliphatic carbocycles. The molecular weight excluding hydrogens is 248 g/mol. The number of anilines is 1. The van der Waals surface area contributed by atoms with E-state index in [2.05, 4.69) is 14.7 Å². The summed E-state index contributed by atoms with van der Waals surface area (Å²) in [6.07, 6.45) is 3.73. The molecule has 102 valence electrons. The number of methoxy groups -OCH3 is 1. The van der Waals surface area contributed by atoms with E-state index in [0.29, 0.717) is 5.82 Å². The van der Waals surface area contributed by atoms with Gasteiger partial charge in [-0.3, -0.25) is 4.79 Å². The second-order valence-corrected chi connectivity index (χ2v) is 4.34. The van der Waals surface area contributed by atoms with Crippen LogP contribution in [0.4, 0.5) is 5.82 Å². The number of likely N-dealkylation sites (N-methyl/N-ethyl adjacent to an activating group) is 1. The van der Waals surface area contributed by atoms with Crippen molar-refractivity contribution in [2.45, 2.75) is 6.42 Å². The van der Waals surface area contributed by atoms with Crippen LogP contribution in [0.5, 0.6) is 0 Å². The van der Waals surface area contributed by atoms with Crippen molar-refractivity contribution >= 4 is 17.7 Å². The highest BCUT2D eigenvalue weighted by Crippen LogP contribution is 2.12. The number of aromatic nitrogens is 2. The highest BCUT2D eigenvalue weighted by Gasteiger charge is 2.20. The maximum absolute atomic E-state index is 11.8. The molecule has 1 aromatic rings. The Kier molecular flexibility index (Phi) is 3.94. The third-order valence-corrected chi connectivity index (χ3v) is 3.03. The first-order valence-electron chi connectivity index (χ1n) is 6.01. The Labute approximate surface area is 111 Å². The van der Waals surface area contributed by atoms with Crippen LogP contribution < -0.4 is 4.90 Å². The lowest BCUT2D eigenvalue weighted by Gasteiger charge is -2.20. The molecule has 0 aromatic carbocycles. The second kappa shape index (κ2) is 5.64. The topological polar surface area (TPSA) is 75.6 Å². The maximum Gasteiger partial charge on any atom is 0.358 e. The Balaban J connectivity index is 2.13. The molecule has 2 rings (SSSR count). The molecule has 0 atom stereocenters. The van der Waals surface area contributed by atoms with Crippen molar-refractivity contribution in [1.29, 1.82) is 0 Å². The minimum atomic E-state index is -0.522. The second-order valence-electron chi connectivity index (χ2n) is 4.34. The van der Waals surface area contributed by atoms with E-state index in [1.807, 2.05) is 4.90 Å². The van der Waals surface area contributed by atoms with Gasteiger partial charge in [0.25, 0.3) is 0 Å². The molecule has 0 saturated carbocycles. The number of esters is 1. The van der Waals surface area contributed by atoms with E-state index in [4.69, 9.17) is 0 Å². The zero-order valence-electron chi connectivity index (χ0n) is 11.0. The fourth-order valence-corrected chi connectivity index (χ4v) is 1.88. The van der Waals surface area contributed by atoms with E-state index in [9.17, 15) is 9.59 Å². The summed E-state index contributed by atoms with van der Waals surface area (Å²) >= 11 is 0. The summed E-state index contributed by atoms with van der Waals surface area (Å²) in [5, 5.41) is 0. The van der Waals surface area contributed by atoms with Crippen molar-refractivity contribution in [3.63, 3.8) is 0 Å². The number of hydrogen-bond acceptors (Lipinski definition) is 6. The Morgan fingerprint density at radius 3 is 2.74 bits per heavy atom. The number of ether oxygens (including phenoxy) is 1. The summed E-state index contributed by atoms with van der Waals surface area (Å²) in [5.74, 6) is 0.123. The summed E-state index contributed by atoms with van der Waals surface area (Å²) in [7, 11) is 3.08. The van der Waals surface area contributed by atoms with Crippen molar-refractivity contribution in [3.8, 4) is 0 Å². The van der Waals surface area contributed by atoms with Gasteiger partial charge >= 0.3 is 5.97 Å². The predicted molar refractivity (Wildman–Crippen MR) is 67.8 cm³/mol. The molecule has 19 heavy (non-hydrogen) atoms. The molecule has 1 amide bonds. The van der Waals surface area contributed by atoms with Gasteiger partial charge < -0.3 is 14.5 Å². The van der Waals surface area contributed by atoms with E-state index in [1.165, 1.54) is 19.5 Å². The van der Waals surface area contributed by atoms with Crippen LogP contribution in [0.2, 0.25) is 0 Å². The van der Waals surface area contributed by atoms with Crippen molar-refractivity contribution in [2.75, 3.05) is 38.7 Å². The number of rotatable bonds is 2. The molecule has 7 heteroatoms. The summed E-state index contributed by atoms with van der Waals surface area (Å²) in [5.41, 5.74) is 0.157. The van der Waals surface area contributed by atoms with Gasteiger partial charge in [-0.15, -0.1) is 0 Å². The Morgan fingerprint density at radius 2 is 2.11 bits per heavy atom. The van der Waals surface area contributed by atoms with Crippen LogP contribution in [0, 0.1) is 0 Å². The van der Waals surface area contributed by atoms with Gasteiger partial charge in [-0.05, 0) is 6.42 Å². The molecule has 1 aliphatic rings. The maximum atomic E-state index is 11.8. The third-order valence-electron chi connectivity index (χ3n) is 3.03. The molecule has 2 heterocycles. The first-order chi connectivity index (χ1) is 9.11. The fraction of sp³-hybridized carbons (Fsp3) is 0.500. The fourth-order valence-electron chi connectivity index (χ4n) is 1.88. The zero-order chi connectivity index (χ0) is 13.8. The van der Waals surface area contributed by atoms with E-state index < -0.39 is 5.97 Å². The van der Waals surface area contributed by atoms with E-state index >= 15 is 0 Å². The van der Waals surface area contributed by atoms with Crippen molar-refractivity contribution < 1.29 is 14.3 Å². The Hall–Kier alpha value is -2.18. The van der Waals surface area contributed by atoms with Crippen LogP contribution in [-0.2, 0) is 9.53 Å². The normalized spacial score (nSPS) is 16.2. The van der Waals surface area contributed by atoms with Crippen molar-refractivity contribution in [1.82, 2.24) is 14.9 Å². The first-order valence-corrected chi connectivity index (χ1v) is 6.01. The smallest absolute Gasteiger partial charge is 0.358 e. The van der Waals surface area contributed by atoms with Crippen LogP contribution in [0.1, 0.15) is 16.9 Å². The zero-order valence-corrected chi connectivity index (χ0v) is 11.0. The third kappa shape index (κ3) is 2.98. The molecule has 0 N–H and O–H groups in total. The van der Waals surface area contributed by atoms with Crippen LogP contribution in [-0.4, -0.2) is 60.5 Å². The van der Waals surface area contributed by atoms with E-state index in [1.54, 1.807) is 11.9 Å². The summed E-state index contributed by atoms with van der Waals surface area (Å²) in [6.45, 7) is 1.76. The minimum absolute atomic E-state index is 0.0522. The van der Waals surface area contributed by atoms with Gasteiger partial charge in [0.2, 0.25) is 5.91 Å². The lowest BCUT2D eigenvalue weighted by Crippen LogP contribution is -2.34. The number of amides is 1. The molecule has 0 unspecified atom stereocenters. The van der Waals surface area contributed by atoms with Crippen molar-refractivity contribution in [3.05, 3.63) is 18.1 Å². The molecule has 7 nitrogen and oxygen atoms in total. The number of carbonyl (C=O) groups excluding carboxylic acids is 2. The molecule has 1 aromatic heterocycles.